The molecule has 1 aromatic rings. The van der Waals surface area contributed by atoms with Crippen molar-refractivity contribution in [1.29, 1.82) is 0 Å². The summed E-state index contributed by atoms with van der Waals surface area (Å²) in [5.74, 6) is 0.663. The summed E-state index contributed by atoms with van der Waals surface area (Å²) in [5, 5.41) is 13.6. The zero-order chi connectivity index (χ0) is 14.2. The third-order valence-electron chi connectivity index (χ3n) is 3.77. The van der Waals surface area contributed by atoms with Crippen LogP contribution in [0.2, 0.25) is 10.0 Å². The number of phenolic OH excluding ortho intramolecular Hbond substituents is 1. The molecule has 2 rings (SSSR count). The van der Waals surface area contributed by atoms with Crippen molar-refractivity contribution in [3.63, 3.8) is 0 Å². The minimum Gasteiger partial charge on any atom is -0.505 e. The van der Waals surface area contributed by atoms with Crippen LogP contribution in [-0.4, -0.2) is 11.1 Å². The first kappa shape index (κ1) is 14.8. The maximum Gasteiger partial charge on any atom is 0.152 e. The van der Waals surface area contributed by atoms with Gasteiger partial charge in [-0.1, -0.05) is 44.0 Å². The molecule has 19 heavy (non-hydrogen) atoms. The highest BCUT2D eigenvalue weighted by molar-refractivity contribution is 6.37. The SMILES string of the molecule is CC1CC(Nc2cc(Cl)c(O)c(Cl)c2)CC(C)(C)C1. The second-order valence-corrected chi connectivity index (χ2v) is 7.36. The maximum atomic E-state index is 9.57. The lowest BCUT2D eigenvalue weighted by molar-refractivity contribution is 0.178. The Morgan fingerprint density at radius 1 is 1.21 bits per heavy atom. The van der Waals surface area contributed by atoms with Gasteiger partial charge in [0.1, 0.15) is 0 Å². The molecule has 1 aromatic carbocycles. The standard InChI is InChI=1S/C15H21Cl2NO/c1-9-4-11(8-15(2,3)7-9)18-10-5-12(16)14(19)13(17)6-10/h5-6,9,11,18-19H,4,7-8H2,1-3H3. The minimum atomic E-state index is -0.0498. The van der Waals surface area contributed by atoms with Gasteiger partial charge in [-0.05, 0) is 42.7 Å². The fraction of sp³-hybridized carbons (Fsp3) is 0.600. The molecule has 1 fully saturated rings. The fourth-order valence-corrected chi connectivity index (χ4v) is 3.83. The van der Waals surface area contributed by atoms with Crippen molar-refractivity contribution in [3.8, 4) is 5.75 Å². The normalized spacial score (nSPS) is 26.2. The highest BCUT2D eigenvalue weighted by Gasteiger charge is 2.31. The first-order valence-electron chi connectivity index (χ1n) is 6.71. The topological polar surface area (TPSA) is 32.3 Å². The molecule has 1 saturated carbocycles. The van der Waals surface area contributed by atoms with E-state index in [1.54, 1.807) is 12.1 Å². The lowest BCUT2D eigenvalue weighted by atomic mass is 9.70. The van der Waals surface area contributed by atoms with E-state index in [0.29, 0.717) is 17.4 Å². The van der Waals surface area contributed by atoms with Gasteiger partial charge in [-0.25, -0.2) is 0 Å². The molecule has 0 saturated heterocycles. The van der Waals surface area contributed by atoms with Crippen molar-refractivity contribution in [2.75, 3.05) is 5.32 Å². The molecule has 0 aromatic heterocycles. The van der Waals surface area contributed by atoms with Crippen molar-refractivity contribution in [3.05, 3.63) is 22.2 Å². The van der Waals surface area contributed by atoms with Crippen molar-refractivity contribution < 1.29 is 5.11 Å². The highest BCUT2D eigenvalue weighted by Crippen LogP contribution is 2.40. The van der Waals surface area contributed by atoms with E-state index in [-0.39, 0.29) is 15.8 Å². The summed E-state index contributed by atoms with van der Waals surface area (Å²) in [6, 6.07) is 3.89. The molecule has 2 unspecified atom stereocenters. The van der Waals surface area contributed by atoms with Crippen LogP contribution in [-0.2, 0) is 0 Å². The summed E-state index contributed by atoms with van der Waals surface area (Å²) < 4.78 is 0. The molecule has 0 bridgehead atoms. The van der Waals surface area contributed by atoms with E-state index in [9.17, 15) is 5.11 Å². The second kappa shape index (κ2) is 5.41. The van der Waals surface area contributed by atoms with Gasteiger partial charge < -0.3 is 10.4 Å². The van der Waals surface area contributed by atoms with Crippen molar-refractivity contribution >= 4 is 28.9 Å². The summed E-state index contributed by atoms with van der Waals surface area (Å²) in [7, 11) is 0. The molecule has 4 heteroatoms. The lowest BCUT2D eigenvalue weighted by Gasteiger charge is -2.39. The largest absolute Gasteiger partial charge is 0.505 e. The van der Waals surface area contributed by atoms with Gasteiger partial charge in [0.2, 0.25) is 0 Å². The average Bonchev–Trinajstić information content (AvgIpc) is 2.22. The van der Waals surface area contributed by atoms with Crippen LogP contribution in [0, 0.1) is 11.3 Å². The van der Waals surface area contributed by atoms with Crippen LogP contribution < -0.4 is 5.32 Å². The van der Waals surface area contributed by atoms with Crippen LogP contribution >= 0.6 is 23.2 Å². The van der Waals surface area contributed by atoms with E-state index in [1.165, 1.54) is 6.42 Å². The summed E-state index contributed by atoms with van der Waals surface area (Å²) in [6.45, 7) is 6.93. The number of anilines is 1. The fourth-order valence-electron chi connectivity index (χ4n) is 3.34. The first-order valence-corrected chi connectivity index (χ1v) is 7.47. The van der Waals surface area contributed by atoms with Gasteiger partial charge >= 0.3 is 0 Å². The molecule has 1 aliphatic carbocycles. The molecule has 0 spiro atoms. The minimum absolute atomic E-state index is 0.0498. The zero-order valence-corrected chi connectivity index (χ0v) is 13.1. The molecule has 0 aliphatic heterocycles. The number of nitrogens with one attached hydrogen (secondary N) is 1. The molecule has 106 valence electrons. The Labute approximate surface area is 125 Å². The number of phenols is 1. The molecule has 0 heterocycles. The molecule has 2 atom stereocenters. The average molecular weight is 302 g/mol. The predicted octanol–water partition coefficient (Wildman–Crippen LogP) is 5.33. The Hall–Kier alpha value is -0.600. The Morgan fingerprint density at radius 2 is 1.79 bits per heavy atom. The lowest BCUT2D eigenvalue weighted by Crippen LogP contribution is -2.35. The van der Waals surface area contributed by atoms with Crippen LogP contribution in [0.3, 0.4) is 0 Å². The van der Waals surface area contributed by atoms with Gasteiger partial charge in [0, 0.05) is 11.7 Å². The quantitative estimate of drug-likeness (QED) is 0.724. The summed E-state index contributed by atoms with van der Waals surface area (Å²) in [4.78, 5) is 0. The van der Waals surface area contributed by atoms with Crippen LogP contribution in [0.1, 0.15) is 40.0 Å². The van der Waals surface area contributed by atoms with Crippen LogP contribution in [0.25, 0.3) is 0 Å². The number of rotatable bonds is 2. The van der Waals surface area contributed by atoms with Crippen molar-refractivity contribution in [2.24, 2.45) is 11.3 Å². The molecule has 0 radical (unpaired) electrons. The van der Waals surface area contributed by atoms with Gasteiger partial charge in [-0.3, -0.25) is 0 Å². The second-order valence-electron chi connectivity index (χ2n) is 6.54. The Kier molecular flexibility index (Phi) is 4.22. The summed E-state index contributed by atoms with van der Waals surface area (Å²) in [5.41, 5.74) is 1.24. The summed E-state index contributed by atoms with van der Waals surface area (Å²) in [6.07, 6.45) is 3.55. The number of halogens is 2. The van der Waals surface area contributed by atoms with Gasteiger partial charge in [-0.2, -0.15) is 0 Å². The molecular formula is C15H21Cl2NO. The Balaban J connectivity index is 2.13. The third-order valence-corrected chi connectivity index (χ3v) is 4.35. The van der Waals surface area contributed by atoms with Gasteiger partial charge in [0.15, 0.2) is 5.75 Å². The van der Waals surface area contributed by atoms with E-state index in [2.05, 4.69) is 26.1 Å². The van der Waals surface area contributed by atoms with E-state index < -0.39 is 0 Å². The van der Waals surface area contributed by atoms with Gasteiger partial charge in [0.05, 0.1) is 10.0 Å². The van der Waals surface area contributed by atoms with E-state index >= 15 is 0 Å². The highest BCUT2D eigenvalue weighted by atomic mass is 35.5. The maximum absolute atomic E-state index is 9.57. The number of aromatic hydroxyl groups is 1. The van der Waals surface area contributed by atoms with E-state index in [1.807, 2.05) is 0 Å². The number of hydrogen-bond donors (Lipinski definition) is 2. The van der Waals surface area contributed by atoms with Crippen LogP contribution in [0.4, 0.5) is 5.69 Å². The molecular weight excluding hydrogens is 281 g/mol. The Morgan fingerprint density at radius 3 is 2.32 bits per heavy atom. The van der Waals surface area contributed by atoms with Crippen molar-refractivity contribution in [1.82, 2.24) is 0 Å². The summed E-state index contributed by atoms with van der Waals surface area (Å²) >= 11 is 11.9. The zero-order valence-electron chi connectivity index (χ0n) is 11.6. The van der Waals surface area contributed by atoms with Crippen molar-refractivity contribution in [2.45, 2.75) is 46.1 Å². The molecule has 0 amide bonds. The molecule has 1 aliphatic rings. The van der Waals surface area contributed by atoms with E-state index in [4.69, 9.17) is 23.2 Å². The number of benzene rings is 1. The predicted molar refractivity (Wildman–Crippen MR) is 82.3 cm³/mol. The first-order chi connectivity index (χ1) is 8.77. The van der Waals surface area contributed by atoms with Crippen LogP contribution in [0.5, 0.6) is 5.75 Å². The number of hydrogen-bond acceptors (Lipinski definition) is 2. The molecule has 2 N–H and O–H groups in total. The smallest absolute Gasteiger partial charge is 0.152 e. The van der Waals surface area contributed by atoms with E-state index in [0.717, 1.165) is 18.5 Å². The monoisotopic (exact) mass is 301 g/mol. The molecule has 2 nitrogen and oxygen atoms in total. The van der Waals surface area contributed by atoms with Crippen LogP contribution in [0.15, 0.2) is 12.1 Å². The Bertz CT molecular complexity index is 450. The van der Waals surface area contributed by atoms with Gasteiger partial charge in [0.25, 0.3) is 0 Å². The van der Waals surface area contributed by atoms with Gasteiger partial charge in [-0.15, -0.1) is 0 Å². The third kappa shape index (κ3) is 3.70.